The van der Waals surface area contributed by atoms with Crippen molar-refractivity contribution < 1.29 is 4.79 Å². The summed E-state index contributed by atoms with van der Waals surface area (Å²) >= 11 is 5.87. The molecular weight excluding hydrogens is 274 g/mol. The third-order valence-corrected chi connectivity index (χ3v) is 3.62. The Balaban J connectivity index is 2.56. The second-order valence-electron chi connectivity index (χ2n) is 4.85. The van der Waals surface area contributed by atoms with Crippen LogP contribution in [0, 0.1) is 6.92 Å². The molecule has 1 N–H and O–H groups in total. The average Bonchev–Trinajstić information content (AvgIpc) is 2.78. The van der Waals surface area contributed by atoms with E-state index in [2.05, 4.69) is 10.3 Å². The number of fused-ring (bicyclic) bond motifs is 1. The minimum atomic E-state index is -0.292. The van der Waals surface area contributed by atoms with E-state index in [0.717, 1.165) is 22.4 Å². The van der Waals surface area contributed by atoms with Crippen LogP contribution in [0.5, 0.6) is 0 Å². The van der Waals surface area contributed by atoms with E-state index in [1.54, 1.807) is 0 Å². The first-order valence-corrected chi connectivity index (χ1v) is 7.43. The number of nitrogens with one attached hydrogen (secondary N) is 1. The second kappa shape index (κ2) is 6.27. The van der Waals surface area contributed by atoms with Crippen molar-refractivity contribution in [3.63, 3.8) is 0 Å². The Morgan fingerprint density at radius 2 is 2.25 bits per heavy atom. The van der Waals surface area contributed by atoms with Crippen molar-refractivity contribution in [3.8, 4) is 0 Å². The number of carbonyl (C=O) groups excluding carboxylic acids is 1. The number of hydrogen-bond acceptors (Lipinski definition) is 2. The van der Waals surface area contributed by atoms with Crippen LogP contribution in [0.1, 0.15) is 31.3 Å². The van der Waals surface area contributed by atoms with Crippen LogP contribution in [0.3, 0.4) is 0 Å². The van der Waals surface area contributed by atoms with Crippen molar-refractivity contribution in [2.24, 2.45) is 0 Å². The largest absolute Gasteiger partial charge is 0.355 e. The lowest BCUT2D eigenvalue weighted by atomic mass is 10.2. The lowest BCUT2D eigenvalue weighted by Gasteiger charge is -2.16. The Hall–Kier alpha value is -1.55. The number of nitrogens with zero attached hydrogens (tertiary/aromatic N) is 2. The van der Waals surface area contributed by atoms with Gasteiger partial charge in [0, 0.05) is 18.8 Å². The van der Waals surface area contributed by atoms with Crippen LogP contribution >= 0.6 is 11.6 Å². The molecular formula is C15H20ClN3O. The maximum Gasteiger partial charge on any atom is 0.242 e. The number of imidazole rings is 1. The summed E-state index contributed by atoms with van der Waals surface area (Å²) in [5.41, 5.74) is 3.05. The van der Waals surface area contributed by atoms with Gasteiger partial charge >= 0.3 is 0 Å². The molecule has 0 radical (unpaired) electrons. The van der Waals surface area contributed by atoms with E-state index in [1.807, 2.05) is 43.5 Å². The fourth-order valence-electron chi connectivity index (χ4n) is 2.44. The number of rotatable bonds is 5. The lowest BCUT2D eigenvalue weighted by molar-refractivity contribution is -0.123. The number of carbonyl (C=O) groups is 1. The molecule has 1 aromatic carbocycles. The molecule has 1 atom stereocenters. The Morgan fingerprint density at radius 3 is 2.90 bits per heavy atom. The smallest absolute Gasteiger partial charge is 0.242 e. The molecule has 4 nitrogen and oxygen atoms in total. The van der Waals surface area contributed by atoms with Gasteiger partial charge in [0.2, 0.25) is 5.91 Å². The Bertz CT molecular complexity index is 621. The van der Waals surface area contributed by atoms with Crippen LogP contribution in [0.2, 0.25) is 0 Å². The van der Waals surface area contributed by atoms with Gasteiger partial charge < -0.3 is 9.88 Å². The number of alkyl halides is 1. The molecule has 0 aliphatic carbocycles. The molecule has 0 saturated carbocycles. The molecule has 2 aromatic rings. The molecule has 5 heteroatoms. The zero-order valence-electron chi connectivity index (χ0n) is 12.1. The van der Waals surface area contributed by atoms with Gasteiger partial charge in [0.15, 0.2) is 0 Å². The lowest BCUT2D eigenvalue weighted by Crippen LogP contribution is -2.31. The zero-order chi connectivity index (χ0) is 14.7. The van der Waals surface area contributed by atoms with Gasteiger partial charge in [-0.2, -0.15) is 0 Å². The summed E-state index contributed by atoms with van der Waals surface area (Å²) in [4.78, 5) is 16.8. The highest BCUT2D eigenvalue weighted by Crippen LogP contribution is 2.24. The van der Waals surface area contributed by atoms with E-state index in [9.17, 15) is 4.79 Å². The van der Waals surface area contributed by atoms with Crippen molar-refractivity contribution in [1.82, 2.24) is 14.9 Å². The summed E-state index contributed by atoms with van der Waals surface area (Å²) in [5.74, 6) is 1.36. The predicted octanol–water partition coefficient (Wildman–Crippen LogP) is 2.82. The second-order valence-corrected chi connectivity index (χ2v) is 5.23. The van der Waals surface area contributed by atoms with Crippen molar-refractivity contribution in [1.29, 1.82) is 0 Å². The first-order valence-electron chi connectivity index (χ1n) is 6.90. The third-order valence-electron chi connectivity index (χ3n) is 3.43. The van der Waals surface area contributed by atoms with E-state index in [4.69, 9.17) is 11.6 Å². The molecule has 0 aliphatic rings. The van der Waals surface area contributed by atoms with Crippen molar-refractivity contribution in [2.45, 2.75) is 33.2 Å². The van der Waals surface area contributed by atoms with Gasteiger partial charge in [0.1, 0.15) is 11.9 Å². The average molecular weight is 294 g/mol. The SMILES string of the molecule is CCNC(=O)C(C)n1c(CCCl)nc2c(C)cccc21. The van der Waals surface area contributed by atoms with Crippen LogP contribution in [0.15, 0.2) is 18.2 Å². The van der Waals surface area contributed by atoms with E-state index >= 15 is 0 Å². The molecule has 1 aromatic heterocycles. The normalized spacial score (nSPS) is 12.6. The number of para-hydroxylation sites is 1. The van der Waals surface area contributed by atoms with Gasteiger partial charge in [0.25, 0.3) is 0 Å². The van der Waals surface area contributed by atoms with Gasteiger partial charge in [0.05, 0.1) is 11.0 Å². The molecule has 0 fully saturated rings. The molecule has 0 aliphatic heterocycles. The van der Waals surface area contributed by atoms with Crippen molar-refractivity contribution in [3.05, 3.63) is 29.6 Å². The number of halogens is 1. The van der Waals surface area contributed by atoms with E-state index in [0.29, 0.717) is 18.8 Å². The molecule has 20 heavy (non-hydrogen) atoms. The fraction of sp³-hybridized carbons (Fsp3) is 0.467. The highest BCUT2D eigenvalue weighted by atomic mass is 35.5. The van der Waals surface area contributed by atoms with Gasteiger partial charge in [-0.15, -0.1) is 11.6 Å². The summed E-state index contributed by atoms with van der Waals surface area (Å²) in [6.45, 7) is 6.47. The summed E-state index contributed by atoms with van der Waals surface area (Å²) in [5, 5.41) is 2.86. The number of likely N-dealkylation sites (N-methyl/N-ethyl adjacent to an activating group) is 1. The van der Waals surface area contributed by atoms with Crippen LogP contribution in [-0.2, 0) is 11.2 Å². The van der Waals surface area contributed by atoms with Gasteiger partial charge in [-0.1, -0.05) is 12.1 Å². The highest BCUT2D eigenvalue weighted by molar-refractivity contribution is 6.17. The van der Waals surface area contributed by atoms with Crippen LogP contribution in [0.25, 0.3) is 11.0 Å². The standard InChI is InChI=1S/C15H20ClN3O/c1-4-17-15(20)11(3)19-12-7-5-6-10(2)14(12)18-13(19)8-9-16/h5-7,11H,4,8-9H2,1-3H3,(H,17,20). The molecule has 0 spiro atoms. The van der Waals surface area contributed by atoms with Crippen LogP contribution in [-0.4, -0.2) is 27.9 Å². The summed E-state index contributed by atoms with van der Waals surface area (Å²) < 4.78 is 2.00. The number of aromatic nitrogens is 2. The van der Waals surface area contributed by atoms with Crippen molar-refractivity contribution in [2.75, 3.05) is 12.4 Å². The van der Waals surface area contributed by atoms with E-state index in [1.165, 1.54) is 0 Å². The maximum atomic E-state index is 12.1. The molecule has 0 bridgehead atoms. The van der Waals surface area contributed by atoms with Crippen molar-refractivity contribution >= 4 is 28.5 Å². The first-order chi connectivity index (χ1) is 9.60. The Morgan fingerprint density at radius 1 is 1.50 bits per heavy atom. The Kier molecular flexibility index (Phi) is 4.65. The molecule has 1 unspecified atom stereocenters. The van der Waals surface area contributed by atoms with Crippen LogP contribution < -0.4 is 5.32 Å². The molecule has 1 amide bonds. The predicted molar refractivity (Wildman–Crippen MR) is 82.3 cm³/mol. The van der Waals surface area contributed by atoms with Gasteiger partial charge in [-0.25, -0.2) is 4.98 Å². The third kappa shape index (κ3) is 2.66. The zero-order valence-corrected chi connectivity index (χ0v) is 12.9. The van der Waals surface area contributed by atoms with Crippen LogP contribution in [0.4, 0.5) is 0 Å². The topological polar surface area (TPSA) is 46.9 Å². The van der Waals surface area contributed by atoms with Gasteiger partial charge in [-0.3, -0.25) is 4.79 Å². The maximum absolute atomic E-state index is 12.1. The number of hydrogen-bond donors (Lipinski definition) is 1. The number of benzene rings is 1. The quantitative estimate of drug-likeness (QED) is 0.862. The highest BCUT2D eigenvalue weighted by Gasteiger charge is 2.21. The van der Waals surface area contributed by atoms with E-state index in [-0.39, 0.29) is 11.9 Å². The first kappa shape index (κ1) is 14.9. The molecule has 108 valence electrons. The minimum Gasteiger partial charge on any atom is -0.355 e. The summed E-state index contributed by atoms with van der Waals surface area (Å²) in [6, 6.07) is 5.73. The monoisotopic (exact) mass is 293 g/mol. The fourth-order valence-corrected chi connectivity index (χ4v) is 2.61. The minimum absolute atomic E-state index is 0.00382. The summed E-state index contributed by atoms with van der Waals surface area (Å²) in [6.07, 6.45) is 0.652. The molecule has 1 heterocycles. The molecule has 0 saturated heterocycles. The van der Waals surface area contributed by atoms with Gasteiger partial charge in [-0.05, 0) is 32.4 Å². The number of aryl methyl sites for hydroxylation is 2. The summed E-state index contributed by atoms with van der Waals surface area (Å²) in [7, 11) is 0. The number of amides is 1. The molecule has 2 rings (SSSR count). The Labute approximate surface area is 124 Å². The van der Waals surface area contributed by atoms with E-state index < -0.39 is 0 Å².